The molecule has 0 saturated heterocycles. The van der Waals surface area contributed by atoms with Crippen LogP contribution in [0.4, 0.5) is 0 Å². The predicted molar refractivity (Wildman–Crippen MR) is 97.1 cm³/mol. The van der Waals surface area contributed by atoms with E-state index in [0.717, 1.165) is 26.1 Å². The van der Waals surface area contributed by atoms with Crippen LogP contribution >= 0.6 is 17.1 Å². The maximum Gasteiger partial charge on any atom is 0.247 e. The molecule has 122 valence electrons. The summed E-state index contributed by atoms with van der Waals surface area (Å²) in [6.07, 6.45) is 4.45. The van der Waals surface area contributed by atoms with E-state index < -0.39 is 5.69 Å². The van der Waals surface area contributed by atoms with Crippen LogP contribution in [-0.4, -0.2) is 18.5 Å². The largest absolute Gasteiger partial charge is 0.322 e. The Morgan fingerprint density at radius 2 is 1.35 bits per heavy atom. The lowest BCUT2D eigenvalue weighted by atomic mass is 10.2. The molecule has 1 atom stereocenters. The molecule has 0 rings (SSSR count). The maximum atomic E-state index is 6.01. The van der Waals surface area contributed by atoms with E-state index in [9.17, 15) is 0 Å². The van der Waals surface area contributed by atoms with Crippen LogP contribution in [0.1, 0.15) is 67.2 Å². The SMILES string of the molecule is CCCC(C)SP(=S)(OCCC(C)C)OCCC(C)C. The van der Waals surface area contributed by atoms with Crippen molar-refractivity contribution in [3.63, 3.8) is 0 Å². The van der Waals surface area contributed by atoms with Gasteiger partial charge in [-0.15, -0.1) is 0 Å². The molecule has 0 aromatic carbocycles. The first-order valence-electron chi connectivity index (χ1n) is 7.86. The van der Waals surface area contributed by atoms with Crippen LogP contribution in [0.25, 0.3) is 0 Å². The topological polar surface area (TPSA) is 18.5 Å². The zero-order valence-electron chi connectivity index (χ0n) is 14.1. The van der Waals surface area contributed by atoms with Crippen molar-refractivity contribution in [2.45, 2.75) is 72.5 Å². The van der Waals surface area contributed by atoms with E-state index in [4.69, 9.17) is 20.9 Å². The van der Waals surface area contributed by atoms with Gasteiger partial charge in [-0.3, -0.25) is 0 Å². The third-order valence-electron chi connectivity index (χ3n) is 2.89. The average molecular weight is 341 g/mol. The second-order valence-electron chi connectivity index (χ2n) is 6.18. The lowest BCUT2D eigenvalue weighted by Crippen LogP contribution is -2.04. The van der Waals surface area contributed by atoms with E-state index in [-0.39, 0.29) is 0 Å². The van der Waals surface area contributed by atoms with Crippen LogP contribution in [-0.2, 0) is 20.9 Å². The summed E-state index contributed by atoms with van der Waals surface area (Å²) >= 11 is 7.48. The highest BCUT2D eigenvalue weighted by molar-refractivity contribution is 8.68. The van der Waals surface area contributed by atoms with Crippen molar-refractivity contribution >= 4 is 28.9 Å². The van der Waals surface area contributed by atoms with E-state index in [1.54, 1.807) is 11.4 Å². The summed E-state index contributed by atoms with van der Waals surface area (Å²) in [4.78, 5) is 0. The van der Waals surface area contributed by atoms with Crippen LogP contribution in [0, 0.1) is 11.8 Å². The molecule has 0 amide bonds. The Morgan fingerprint density at radius 1 is 0.900 bits per heavy atom. The third kappa shape index (κ3) is 11.6. The number of rotatable bonds is 12. The molecular formula is C15H33O2PS2. The number of hydrogen-bond acceptors (Lipinski definition) is 4. The molecule has 0 aromatic rings. The van der Waals surface area contributed by atoms with Gasteiger partial charge in [-0.25, -0.2) is 0 Å². The van der Waals surface area contributed by atoms with Gasteiger partial charge in [0, 0.05) is 5.25 Å². The van der Waals surface area contributed by atoms with Crippen molar-refractivity contribution in [1.29, 1.82) is 0 Å². The average Bonchev–Trinajstić information content (AvgIpc) is 2.27. The molecule has 0 aliphatic rings. The van der Waals surface area contributed by atoms with Crippen LogP contribution in [0.3, 0.4) is 0 Å². The second-order valence-corrected chi connectivity index (χ2v) is 12.8. The zero-order chi connectivity index (χ0) is 15.6. The first kappa shape index (κ1) is 20.9. The van der Waals surface area contributed by atoms with Gasteiger partial charge >= 0.3 is 0 Å². The van der Waals surface area contributed by atoms with Gasteiger partial charge in [-0.2, -0.15) is 0 Å². The highest BCUT2D eigenvalue weighted by Gasteiger charge is 2.23. The molecule has 0 aromatic heterocycles. The van der Waals surface area contributed by atoms with Gasteiger partial charge in [0.05, 0.1) is 13.2 Å². The molecule has 20 heavy (non-hydrogen) atoms. The fraction of sp³-hybridized carbons (Fsp3) is 1.00. The van der Waals surface area contributed by atoms with Gasteiger partial charge < -0.3 is 9.05 Å². The molecule has 0 fully saturated rings. The van der Waals surface area contributed by atoms with Crippen molar-refractivity contribution in [2.75, 3.05) is 13.2 Å². The standard InChI is InChI=1S/C15H33O2PS2/c1-7-8-15(6)20-18(19,16-11-9-13(2)3)17-12-10-14(4)5/h13-15H,7-12H2,1-6H3. The third-order valence-corrected chi connectivity index (χ3v) is 8.64. The highest BCUT2D eigenvalue weighted by Crippen LogP contribution is 2.63. The minimum absolute atomic E-state index is 0.518. The van der Waals surface area contributed by atoms with Crippen molar-refractivity contribution in [3.05, 3.63) is 0 Å². The summed E-state index contributed by atoms with van der Waals surface area (Å²) in [7, 11) is 0. The molecule has 0 radical (unpaired) electrons. The fourth-order valence-electron chi connectivity index (χ4n) is 1.58. The van der Waals surface area contributed by atoms with E-state index in [2.05, 4.69) is 41.5 Å². The van der Waals surface area contributed by atoms with Gasteiger partial charge in [0.25, 0.3) is 0 Å². The first-order valence-corrected chi connectivity index (χ1v) is 12.0. The highest BCUT2D eigenvalue weighted by atomic mass is 32.9. The smallest absolute Gasteiger partial charge is 0.247 e. The summed E-state index contributed by atoms with van der Waals surface area (Å²) in [5, 5.41) is 0.518. The van der Waals surface area contributed by atoms with Crippen LogP contribution in [0.5, 0.6) is 0 Å². The normalized spacial score (nSPS) is 14.2. The summed E-state index contributed by atoms with van der Waals surface area (Å²) in [6.45, 7) is 14.7. The fourth-order valence-corrected chi connectivity index (χ4v) is 7.43. The second kappa shape index (κ2) is 11.5. The molecule has 0 saturated carbocycles. The Morgan fingerprint density at radius 3 is 1.70 bits per heavy atom. The van der Waals surface area contributed by atoms with Crippen LogP contribution in [0.2, 0.25) is 0 Å². The van der Waals surface area contributed by atoms with E-state index in [1.165, 1.54) is 12.8 Å². The first-order chi connectivity index (χ1) is 9.29. The maximum absolute atomic E-state index is 6.01. The summed E-state index contributed by atoms with van der Waals surface area (Å²) < 4.78 is 12.0. The van der Waals surface area contributed by atoms with Crippen LogP contribution in [0.15, 0.2) is 0 Å². The van der Waals surface area contributed by atoms with E-state index in [1.807, 2.05) is 0 Å². The van der Waals surface area contributed by atoms with Crippen LogP contribution < -0.4 is 0 Å². The van der Waals surface area contributed by atoms with Crippen molar-refractivity contribution in [1.82, 2.24) is 0 Å². The molecule has 1 unspecified atom stereocenters. The molecule has 0 bridgehead atoms. The Balaban J connectivity index is 4.37. The molecule has 0 N–H and O–H groups in total. The minimum Gasteiger partial charge on any atom is -0.322 e. The lowest BCUT2D eigenvalue weighted by molar-refractivity contribution is 0.237. The molecule has 0 spiro atoms. The molecule has 2 nitrogen and oxygen atoms in total. The van der Waals surface area contributed by atoms with Crippen molar-refractivity contribution in [3.8, 4) is 0 Å². The Bertz CT molecular complexity index is 265. The number of hydrogen-bond donors (Lipinski definition) is 0. The summed E-state index contributed by atoms with van der Waals surface area (Å²) in [6, 6.07) is 0. The predicted octanol–water partition coefficient (Wildman–Crippen LogP) is 6.26. The minimum atomic E-state index is -2.17. The van der Waals surface area contributed by atoms with Crippen molar-refractivity contribution < 1.29 is 9.05 Å². The van der Waals surface area contributed by atoms with E-state index >= 15 is 0 Å². The van der Waals surface area contributed by atoms with Gasteiger partial charge in [-0.1, -0.05) is 59.3 Å². The van der Waals surface area contributed by atoms with E-state index in [0.29, 0.717) is 17.1 Å². The summed E-state index contributed by atoms with van der Waals surface area (Å²) in [5.74, 6) is 1.29. The Labute approximate surface area is 135 Å². The van der Waals surface area contributed by atoms with Crippen molar-refractivity contribution in [2.24, 2.45) is 11.8 Å². The zero-order valence-corrected chi connectivity index (χ0v) is 16.6. The molecule has 5 heteroatoms. The molecule has 0 aliphatic heterocycles. The molecule has 0 heterocycles. The quantitative estimate of drug-likeness (QED) is 0.390. The lowest BCUT2D eigenvalue weighted by Gasteiger charge is -2.25. The van der Waals surface area contributed by atoms with Gasteiger partial charge in [0.15, 0.2) is 0 Å². The Hall–Kier alpha value is 0.920. The van der Waals surface area contributed by atoms with Gasteiger partial charge in [-0.05, 0) is 42.9 Å². The van der Waals surface area contributed by atoms with Gasteiger partial charge in [0.2, 0.25) is 5.69 Å². The molecule has 0 aliphatic carbocycles. The molecular weight excluding hydrogens is 307 g/mol. The monoisotopic (exact) mass is 340 g/mol. The van der Waals surface area contributed by atoms with Gasteiger partial charge in [0.1, 0.15) is 0 Å². The summed E-state index contributed by atoms with van der Waals surface area (Å²) in [5.41, 5.74) is -2.17. The Kier molecular flexibility index (Phi) is 12.0.